The number of ether oxygens (including phenoxy) is 2. The number of carbonyl (C=O) groups excluding carboxylic acids is 1. The number of aromatic nitrogens is 1. The van der Waals surface area contributed by atoms with Gasteiger partial charge in [-0.05, 0) is 92.9 Å². The lowest BCUT2D eigenvalue weighted by Gasteiger charge is -2.41. The van der Waals surface area contributed by atoms with E-state index < -0.39 is 27.5 Å². The van der Waals surface area contributed by atoms with Crippen LogP contribution in [0.2, 0.25) is 5.02 Å². The molecule has 1 aromatic heterocycles. The first kappa shape index (κ1) is 30.7. The first-order valence-electron chi connectivity index (χ1n) is 15.4. The van der Waals surface area contributed by atoms with Gasteiger partial charge in [-0.1, -0.05) is 23.7 Å². The van der Waals surface area contributed by atoms with E-state index in [4.69, 9.17) is 25.5 Å². The zero-order chi connectivity index (χ0) is 32.1. The monoisotopic (exact) mass is 662 g/mol. The smallest absolute Gasteiger partial charge is 0.271 e. The highest BCUT2D eigenvalue weighted by Gasteiger charge is 2.62. The van der Waals surface area contributed by atoms with E-state index >= 15 is 4.79 Å². The molecule has 4 heterocycles. The molecule has 1 amide bonds. The van der Waals surface area contributed by atoms with Gasteiger partial charge in [0.1, 0.15) is 17.8 Å². The number of hydrogen-bond acceptors (Lipinski definition) is 9. The quantitative estimate of drug-likeness (QED) is 0.221. The summed E-state index contributed by atoms with van der Waals surface area (Å²) in [7, 11) is -1.35. The highest BCUT2D eigenvalue weighted by Crippen LogP contribution is 2.56. The molecule has 2 atom stereocenters. The van der Waals surface area contributed by atoms with Crippen molar-refractivity contribution in [2.45, 2.75) is 48.7 Å². The number of nitrogens with zero attached hydrogens (tertiary/aromatic N) is 4. The van der Waals surface area contributed by atoms with Gasteiger partial charge in [0.2, 0.25) is 5.89 Å². The summed E-state index contributed by atoms with van der Waals surface area (Å²) in [4.78, 5) is 24.3. The Morgan fingerprint density at radius 3 is 2.43 bits per heavy atom. The van der Waals surface area contributed by atoms with Crippen LogP contribution in [0.25, 0.3) is 0 Å². The third-order valence-corrected chi connectivity index (χ3v) is 11.3. The van der Waals surface area contributed by atoms with Crippen molar-refractivity contribution in [3.05, 3.63) is 101 Å². The molecule has 4 aromatic rings. The van der Waals surface area contributed by atoms with E-state index in [0.29, 0.717) is 53.0 Å². The van der Waals surface area contributed by atoms with Gasteiger partial charge in [-0.25, -0.2) is 17.7 Å². The Bertz CT molecular complexity index is 1860. The van der Waals surface area contributed by atoms with E-state index in [1.165, 1.54) is 25.5 Å². The zero-order valence-corrected chi connectivity index (χ0v) is 27.3. The van der Waals surface area contributed by atoms with Crippen molar-refractivity contribution in [2.75, 3.05) is 38.2 Å². The Labute approximate surface area is 273 Å². The molecule has 2 saturated heterocycles. The molecular formula is C34H35ClN4O6S. The summed E-state index contributed by atoms with van der Waals surface area (Å²) >= 11 is 6.54. The topological polar surface area (TPSA) is 105 Å². The average Bonchev–Trinajstić information content (AvgIpc) is 3.88. The van der Waals surface area contributed by atoms with Gasteiger partial charge in [-0.3, -0.25) is 14.6 Å². The highest BCUT2D eigenvalue weighted by atomic mass is 35.5. The van der Waals surface area contributed by atoms with Crippen LogP contribution in [0.4, 0.5) is 5.69 Å². The van der Waals surface area contributed by atoms with Crippen molar-refractivity contribution in [3.8, 4) is 11.5 Å². The molecule has 0 aliphatic carbocycles. The number of halogens is 1. The fourth-order valence-corrected chi connectivity index (χ4v) is 8.91. The van der Waals surface area contributed by atoms with Crippen LogP contribution in [0.3, 0.4) is 0 Å². The van der Waals surface area contributed by atoms with Crippen LogP contribution in [-0.4, -0.2) is 63.0 Å². The lowest BCUT2D eigenvalue weighted by atomic mass is 9.80. The highest BCUT2D eigenvalue weighted by molar-refractivity contribution is 7.93. The van der Waals surface area contributed by atoms with Crippen LogP contribution in [0.5, 0.6) is 11.5 Å². The van der Waals surface area contributed by atoms with Crippen molar-refractivity contribution in [1.29, 1.82) is 0 Å². The van der Waals surface area contributed by atoms with Crippen LogP contribution in [0.15, 0.2) is 82.4 Å². The van der Waals surface area contributed by atoms with Crippen molar-refractivity contribution in [1.82, 2.24) is 14.8 Å². The summed E-state index contributed by atoms with van der Waals surface area (Å²) < 4.78 is 47.1. The number of sulfonamides is 1. The predicted octanol–water partition coefficient (Wildman–Crippen LogP) is 5.76. The molecular weight excluding hydrogens is 628 g/mol. The van der Waals surface area contributed by atoms with Gasteiger partial charge in [0.05, 0.1) is 37.0 Å². The number of oxazole rings is 1. The molecule has 0 radical (unpaired) electrons. The van der Waals surface area contributed by atoms with Gasteiger partial charge in [0.15, 0.2) is 5.54 Å². The van der Waals surface area contributed by atoms with Gasteiger partial charge in [0, 0.05) is 29.2 Å². The first-order chi connectivity index (χ1) is 22.3. The van der Waals surface area contributed by atoms with E-state index in [1.807, 2.05) is 23.1 Å². The number of carbonyl (C=O) groups is 1. The van der Waals surface area contributed by atoms with Crippen LogP contribution >= 0.6 is 11.6 Å². The number of amides is 1. The second-order valence-electron chi connectivity index (χ2n) is 11.9. The minimum absolute atomic E-state index is 0.0520. The van der Waals surface area contributed by atoms with Gasteiger partial charge in [-0.2, -0.15) is 0 Å². The molecule has 3 aliphatic rings. The van der Waals surface area contributed by atoms with E-state index in [1.54, 1.807) is 43.6 Å². The fourth-order valence-electron chi connectivity index (χ4n) is 7.29. The second-order valence-corrected chi connectivity index (χ2v) is 14.1. The van der Waals surface area contributed by atoms with Crippen molar-refractivity contribution in [2.24, 2.45) is 0 Å². The summed E-state index contributed by atoms with van der Waals surface area (Å²) in [5.41, 5.74) is 0.642. The molecule has 240 valence electrons. The van der Waals surface area contributed by atoms with Gasteiger partial charge in [-0.15, -0.1) is 0 Å². The largest absolute Gasteiger partial charge is 0.497 e. The van der Waals surface area contributed by atoms with Crippen molar-refractivity contribution >= 4 is 33.2 Å². The van der Waals surface area contributed by atoms with Crippen LogP contribution in [0.1, 0.15) is 54.3 Å². The molecule has 1 unspecified atom stereocenters. The third kappa shape index (κ3) is 4.88. The van der Waals surface area contributed by atoms with E-state index in [9.17, 15) is 8.42 Å². The minimum atomic E-state index is -4.42. The number of anilines is 1. The zero-order valence-electron chi connectivity index (χ0n) is 25.7. The van der Waals surface area contributed by atoms with Gasteiger partial charge >= 0.3 is 0 Å². The number of fused-ring (bicyclic) bond motifs is 1. The first-order valence-corrected chi connectivity index (χ1v) is 17.2. The maximum atomic E-state index is 15.5. The van der Waals surface area contributed by atoms with Crippen molar-refractivity contribution in [3.63, 3.8) is 0 Å². The Morgan fingerprint density at radius 1 is 0.957 bits per heavy atom. The molecule has 46 heavy (non-hydrogen) atoms. The van der Waals surface area contributed by atoms with Crippen molar-refractivity contribution < 1.29 is 27.1 Å². The van der Waals surface area contributed by atoms with E-state index in [-0.39, 0.29) is 10.6 Å². The summed E-state index contributed by atoms with van der Waals surface area (Å²) in [5, 5.41) is 0.303. The lowest BCUT2D eigenvalue weighted by Crippen LogP contribution is -2.54. The standard InChI is InChI=1S/C34H35ClN4O6S/c1-43-25-9-11-26(12-10-25)46(41,42)39-30-21-24(35)8-13-27(30)34(33(39)40,38-18-5-6-29(38)32-36-15-19-45-32)28-20-23(7-14-31(28)44-2)22-37-16-3-4-17-37/h7-15,19-21,29H,3-6,16-18,22H2,1-2H3/t29-,34?/m0/s1. The van der Waals surface area contributed by atoms with Crippen LogP contribution < -0.4 is 13.8 Å². The molecule has 7 rings (SSSR count). The molecule has 3 aliphatic heterocycles. The predicted molar refractivity (Wildman–Crippen MR) is 173 cm³/mol. The minimum Gasteiger partial charge on any atom is -0.497 e. The van der Waals surface area contributed by atoms with Crippen LogP contribution in [0, 0.1) is 0 Å². The summed E-state index contributed by atoms with van der Waals surface area (Å²) in [6, 6.07) is 16.5. The SMILES string of the molecule is COc1ccc(S(=O)(=O)N2C(=O)C(c3cc(CN4CCCC4)ccc3OC)(N3CCC[C@H]3c3ncco3)c3ccc(Cl)cc32)cc1. The van der Waals surface area contributed by atoms with E-state index in [0.717, 1.165) is 42.2 Å². The Balaban J connectivity index is 1.49. The summed E-state index contributed by atoms with van der Waals surface area (Å²) in [5.74, 6) is 0.788. The Hall–Kier alpha value is -3.90. The number of hydrogen-bond donors (Lipinski definition) is 0. The fraction of sp³-hybridized carbons (Fsp3) is 0.353. The summed E-state index contributed by atoms with van der Waals surface area (Å²) in [6.07, 6.45) is 6.79. The number of rotatable bonds is 9. The second kappa shape index (κ2) is 12.0. The summed E-state index contributed by atoms with van der Waals surface area (Å²) in [6.45, 7) is 3.18. The molecule has 2 fully saturated rings. The maximum Gasteiger partial charge on any atom is 0.271 e. The number of likely N-dealkylation sites (tertiary alicyclic amines) is 2. The normalized spacial score (nSPS) is 22.0. The molecule has 10 nitrogen and oxygen atoms in total. The molecule has 0 saturated carbocycles. The maximum absolute atomic E-state index is 15.5. The van der Waals surface area contributed by atoms with Gasteiger partial charge < -0.3 is 13.9 Å². The Kier molecular flexibility index (Phi) is 8.04. The number of methoxy groups -OCH3 is 2. The van der Waals surface area contributed by atoms with E-state index in [2.05, 4.69) is 9.88 Å². The molecule has 12 heteroatoms. The molecule has 0 bridgehead atoms. The molecule has 0 N–H and O–H groups in total. The third-order valence-electron chi connectivity index (χ3n) is 9.34. The number of benzene rings is 3. The molecule has 3 aromatic carbocycles. The lowest BCUT2D eigenvalue weighted by molar-refractivity contribution is -0.127. The van der Waals surface area contributed by atoms with Crippen LogP contribution in [-0.2, 0) is 26.9 Å². The molecule has 0 spiro atoms. The average molecular weight is 663 g/mol. The Morgan fingerprint density at radius 2 is 1.74 bits per heavy atom. The van der Waals surface area contributed by atoms with Gasteiger partial charge in [0.25, 0.3) is 15.9 Å².